The van der Waals surface area contributed by atoms with Gasteiger partial charge in [0.05, 0.1) is 0 Å². The van der Waals surface area contributed by atoms with E-state index < -0.39 is 0 Å². The highest BCUT2D eigenvalue weighted by Gasteiger charge is 2.37. The molecule has 0 aromatic heterocycles. The fourth-order valence-corrected chi connectivity index (χ4v) is 3.22. The number of rotatable bonds is 3. The first-order chi connectivity index (χ1) is 5.79. The average Bonchev–Trinajstić information content (AvgIpc) is 2.84. The Hall–Kier alpha value is 0.310. The lowest BCUT2D eigenvalue weighted by molar-refractivity contribution is 0.535. The normalized spacial score (nSPS) is 33.2. The SMILES string of the molecule is NC1(CCC2CCCCS2)CC1. The fourth-order valence-electron chi connectivity index (χ4n) is 1.89. The van der Waals surface area contributed by atoms with Crippen molar-refractivity contribution in [3.8, 4) is 0 Å². The maximum Gasteiger partial charge on any atom is 0.0156 e. The highest BCUT2D eigenvalue weighted by atomic mass is 32.2. The summed E-state index contributed by atoms with van der Waals surface area (Å²) in [7, 11) is 0. The summed E-state index contributed by atoms with van der Waals surface area (Å²) in [4.78, 5) is 0. The van der Waals surface area contributed by atoms with Gasteiger partial charge in [0.2, 0.25) is 0 Å². The van der Waals surface area contributed by atoms with Crippen LogP contribution in [-0.4, -0.2) is 16.5 Å². The standard InChI is InChI=1S/C10H19NS/c11-10(6-7-10)5-4-9-3-1-2-8-12-9/h9H,1-8,11H2. The fraction of sp³-hybridized carbons (Fsp3) is 1.00. The molecule has 1 aliphatic heterocycles. The van der Waals surface area contributed by atoms with Gasteiger partial charge in [-0.1, -0.05) is 6.42 Å². The number of thioether (sulfide) groups is 1. The molecule has 2 rings (SSSR count). The molecule has 1 unspecified atom stereocenters. The molecule has 0 aromatic carbocycles. The van der Waals surface area contributed by atoms with Crippen molar-refractivity contribution < 1.29 is 0 Å². The van der Waals surface area contributed by atoms with Crippen LogP contribution in [0.2, 0.25) is 0 Å². The van der Waals surface area contributed by atoms with Crippen molar-refractivity contribution in [2.45, 2.75) is 55.7 Å². The molecule has 1 heterocycles. The predicted octanol–water partition coefficient (Wildman–Crippen LogP) is 2.54. The van der Waals surface area contributed by atoms with Gasteiger partial charge in [-0.3, -0.25) is 0 Å². The van der Waals surface area contributed by atoms with Crippen LogP contribution in [0, 0.1) is 0 Å². The lowest BCUT2D eigenvalue weighted by atomic mass is 10.0. The molecule has 1 nitrogen and oxygen atoms in total. The third-order valence-corrected chi connectivity index (χ3v) is 4.60. The summed E-state index contributed by atoms with van der Waals surface area (Å²) in [6, 6.07) is 0. The Morgan fingerprint density at radius 1 is 1.33 bits per heavy atom. The first kappa shape index (κ1) is 8.89. The zero-order valence-electron chi connectivity index (χ0n) is 7.72. The zero-order valence-corrected chi connectivity index (χ0v) is 8.54. The van der Waals surface area contributed by atoms with Crippen LogP contribution in [0.15, 0.2) is 0 Å². The molecular weight excluding hydrogens is 166 g/mol. The van der Waals surface area contributed by atoms with Crippen LogP contribution in [0.5, 0.6) is 0 Å². The van der Waals surface area contributed by atoms with Gasteiger partial charge in [0.25, 0.3) is 0 Å². The molecule has 2 heteroatoms. The Labute approximate surface area is 79.5 Å². The molecule has 0 bridgehead atoms. The van der Waals surface area contributed by atoms with Gasteiger partial charge in [-0.25, -0.2) is 0 Å². The van der Waals surface area contributed by atoms with Crippen LogP contribution < -0.4 is 5.73 Å². The van der Waals surface area contributed by atoms with Gasteiger partial charge in [0, 0.05) is 10.8 Å². The van der Waals surface area contributed by atoms with E-state index in [1.165, 1.54) is 50.7 Å². The van der Waals surface area contributed by atoms with E-state index in [1.54, 1.807) is 0 Å². The third-order valence-electron chi connectivity index (χ3n) is 3.13. The van der Waals surface area contributed by atoms with Crippen LogP contribution in [0.4, 0.5) is 0 Å². The Kier molecular flexibility index (Phi) is 2.66. The average molecular weight is 185 g/mol. The van der Waals surface area contributed by atoms with Crippen molar-refractivity contribution in [1.82, 2.24) is 0 Å². The van der Waals surface area contributed by atoms with E-state index in [2.05, 4.69) is 11.8 Å². The van der Waals surface area contributed by atoms with E-state index in [-0.39, 0.29) is 5.54 Å². The second-order valence-electron chi connectivity index (χ2n) is 4.39. The van der Waals surface area contributed by atoms with Crippen molar-refractivity contribution in [3.05, 3.63) is 0 Å². The predicted molar refractivity (Wildman–Crippen MR) is 55.5 cm³/mol. The zero-order chi connectivity index (χ0) is 8.44. The van der Waals surface area contributed by atoms with Gasteiger partial charge in [0.1, 0.15) is 0 Å². The molecule has 2 aliphatic rings. The monoisotopic (exact) mass is 185 g/mol. The molecule has 12 heavy (non-hydrogen) atoms. The highest BCUT2D eigenvalue weighted by molar-refractivity contribution is 7.99. The second kappa shape index (κ2) is 3.59. The number of hydrogen-bond acceptors (Lipinski definition) is 2. The topological polar surface area (TPSA) is 26.0 Å². The van der Waals surface area contributed by atoms with Gasteiger partial charge in [-0.15, -0.1) is 0 Å². The lowest BCUT2D eigenvalue weighted by Gasteiger charge is -2.22. The summed E-state index contributed by atoms with van der Waals surface area (Å²) in [5, 5.41) is 0.944. The van der Waals surface area contributed by atoms with Crippen molar-refractivity contribution in [3.63, 3.8) is 0 Å². The summed E-state index contributed by atoms with van der Waals surface area (Å²) in [5.41, 5.74) is 6.34. The van der Waals surface area contributed by atoms with Gasteiger partial charge in [0.15, 0.2) is 0 Å². The minimum Gasteiger partial charge on any atom is -0.325 e. The molecule has 2 N–H and O–H groups in total. The minimum absolute atomic E-state index is 0.290. The van der Waals surface area contributed by atoms with Gasteiger partial charge < -0.3 is 5.73 Å². The molecule has 1 saturated heterocycles. The van der Waals surface area contributed by atoms with Crippen molar-refractivity contribution in [2.24, 2.45) is 5.73 Å². The molecule has 0 spiro atoms. The highest BCUT2D eigenvalue weighted by Crippen LogP contribution is 2.39. The quantitative estimate of drug-likeness (QED) is 0.731. The first-order valence-corrected chi connectivity index (χ1v) is 6.24. The van der Waals surface area contributed by atoms with E-state index in [1.807, 2.05) is 0 Å². The summed E-state index contributed by atoms with van der Waals surface area (Å²) in [6.45, 7) is 0. The molecular formula is C10H19NS. The van der Waals surface area contributed by atoms with E-state index in [9.17, 15) is 0 Å². The molecule has 2 fully saturated rings. The molecule has 0 radical (unpaired) electrons. The van der Waals surface area contributed by atoms with Gasteiger partial charge in [-0.2, -0.15) is 11.8 Å². The maximum atomic E-state index is 6.05. The number of hydrogen-bond donors (Lipinski definition) is 1. The summed E-state index contributed by atoms with van der Waals surface area (Å²) >= 11 is 2.18. The Morgan fingerprint density at radius 3 is 2.75 bits per heavy atom. The van der Waals surface area contributed by atoms with Gasteiger partial charge in [-0.05, 0) is 44.3 Å². The molecule has 1 atom stereocenters. The van der Waals surface area contributed by atoms with Crippen LogP contribution in [-0.2, 0) is 0 Å². The Bertz CT molecular complexity index is 148. The molecule has 70 valence electrons. The molecule has 1 aliphatic carbocycles. The Balaban J connectivity index is 1.65. The maximum absolute atomic E-state index is 6.05. The summed E-state index contributed by atoms with van der Waals surface area (Å²) in [5.74, 6) is 1.39. The van der Waals surface area contributed by atoms with Crippen molar-refractivity contribution in [1.29, 1.82) is 0 Å². The number of nitrogens with two attached hydrogens (primary N) is 1. The van der Waals surface area contributed by atoms with E-state index in [0.29, 0.717) is 0 Å². The molecule has 1 saturated carbocycles. The van der Waals surface area contributed by atoms with Crippen LogP contribution in [0.25, 0.3) is 0 Å². The van der Waals surface area contributed by atoms with Crippen molar-refractivity contribution in [2.75, 3.05) is 5.75 Å². The van der Waals surface area contributed by atoms with E-state index in [4.69, 9.17) is 5.73 Å². The summed E-state index contributed by atoms with van der Waals surface area (Å²) < 4.78 is 0. The van der Waals surface area contributed by atoms with E-state index >= 15 is 0 Å². The van der Waals surface area contributed by atoms with E-state index in [0.717, 1.165) is 5.25 Å². The summed E-state index contributed by atoms with van der Waals surface area (Å²) in [6.07, 6.45) is 9.56. The Morgan fingerprint density at radius 2 is 2.17 bits per heavy atom. The largest absolute Gasteiger partial charge is 0.325 e. The van der Waals surface area contributed by atoms with Crippen molar-refractivity contribution >= 4 is 11.8 Å². The second-order valence-corrected chi connectivity index (χ2v) is 5.80. The molecule has 0 amide bonds. The first-order valence-electron chi connectivity index (χ1n) is 5.19. The van der Waals surface area contributed by atoms with Gasteiger partial charge >= 0.3 is 0 Å². The van der Waals surface area contributed by atoms with Crippen LogP contribution in [0.1, 0.15) is 44.9 Å². The minimum atomic E-state index is 0.290. The lowest BCUT2D eigenvalue weighted by Crippen LogP contribution is -2.23. The van der Waals surface area contributed by atoms with Crippen LogP contribution >= 0.6 is 11.8 Å². The third kappa shape index (κ3) is 2.40. The molecule has 0 aromatic rings. The van der Waals surface area contributed by atoms with Crippen LogP contribution in [0.3, 0.4) is 0 Å². The smallest absolute Gasteiger partial charge is 0.0156 e.